The van der Waals surface area contributed by atoms with Gasteiger partial charge in [0.05, 0.1) is 11.6 Å². The van der Waals surface area contributed by atoms with Gasteiger partial charge in [-0.05, 0) is 18.3 Å². The second-order valence-electron chi connectivity index (χ2n) is 5.92. The van der Waals surface area contributed by atoms with Crippen molar-refractivity contribution in [2.45, 2.75) is 51.8 Å². The Morgan fingerprint density at radius 1 is 1.33 bits per heavy atom. The largest absolute Gasteiger partial charge is 0.245 e. The molecule has 1 aromatic rings. The fourth-order valence-electron chi connectivity index (χ4n) is 2.90. The number of alkyl halides is 1. The molecule has 1 aromatic heterocycles. The average Bonchev–Trinajstić information content (AvgIpc) is 2.44. The first-order chi connectivity index (χ1) is 6.84. The summed E-state index contributed by atoms with van der Waals surface area (Å²) >= 11 is 7.66. The van der Waals surface area contributed by atoms with E-state index >= 15 is 0 Å². The van der Waals surface area contributed by atoms with Gasteiger partial charge < -0.3 is 0 Å². The van der Waals surface area contributed by atoms with Crippen molar-refractivity contribution in [3.63, 3.8) is 0 Å². The third-order valence-corrected chi connectivity index (χ3v) is 4.91. The summed E-state index contributed by atoms with van der Waals surface area (Å²) in [6.45, 7) is 9.31. The zero-order chi connectivity index (χ0) is 11.3. The third kappa shape index (κ3) is 2.07. The van der Waals surface area contributed by atoms with Gasteiger partial charge in [0, 0.05) is 10.3 Å². The van der Waals surface area contributed by atoms with Crippen LogP contribution in [-0.4, -0.2) is 4.98 Å². The first kappa shape index (κ1) is 11.4. The highest BCUT2D eigenvalue weighted by molar-refractivity contribution is 7.12. The Kier molecular flexibility index (Phi) is 2.63. The van der Waals surface area contributed by atoms with Crippen LogP contribution in [0.4, 0.5) is 0 Å². The van der Waals surface area contributed by atoms with E-state index in [1.165, 1.54) is 17.0 Å². The van der Waals surface area contributed by atoms with E-state index in [-0.39, 0.29) is 5.41 Å². The van der Waals surface area contributed by atoms with Crippen molar-refractivity contribution in [1.29, 1.82) is 0 Å². The number of hydrogen-bond acceptors (Lipinski definition) is 2. The predicted molar refractivity (Wildman–Crippen MR) is 66.8 cm³/mol. The van der Waals surface area contributed by atoms with Crippen LogP contribution in [0.3, 0.4) is 0 Å². The number of thiazole rings is 1. The summed E-state index contributed by atoms with van der Waals surface area (Å²) in [5.74, 6) is 0.550. The Balaban J connectivity index is 2.48. The second-order valence-corrected chi connectivity index (χ2v) is 7.27. The van der Waals surface area contributed by atoms with Crippen LogP contribution in [0.5, 0.6) is 0 Å². The van der Waals surface area contributed by atoms with E-state index < -0.39 is 0 Å². The van der Waals surface area contributed by atoms with E-state index in [1.807, 2.05) is 0 Å². The van der Waals surface area contributed by atoms with Crippen molar-refractivity contribution < 1.29 is 0 Å². The molecule has 84 valence electrons. The highest BCUT2D eigenvalue weighted by atomic mass is 35.5. The molecule has 0 amide bonds. The molecule has 1 nitrogen and oxygen atoms in total. The van der Waals surface area contributed by atoms with E-state index in [2.05, 4.69) is 32.7 Å². The Labute approximate surface area is 101 Å². The standard InChI is InChI=1S/C12H18ClNS/c1-11(2)5-8-10(12(3,4)7-11)15-9(6-13)14-8/h5-7H2,1-4H3. The number of fused-ring (bicyclic) bond motifs is 1. The zero-order valence-electron chi connectivity index (χ0n) is 9.85. The lowest BCUT2D eigenvalue weighted by Crippen LogP contribution is -2.33. The molecule has 0 spiro atoms. The van der Waals surface area contributed by atoms with Gasteiger partial charge in [0.25, 0.3) is 0 Å². The van der Waals surface area contributed by atoms with Gasteiger partial charge in [-0.1, -0.05) is 27.7 Å². The summed E-state index contributed by atoms with van der Waals surface area (Å²) in [6, 6.07) is 0. The number of hydrogen-bond donors (Lipinski definition) is 0. The molecule has 0 saturated carbocycles. The summed E-state index contributed by atoms with van der Waals surface area (Å²) in [5.41, 5.74) is 1.92. The molecule has 1 aliphatic carbocycles. The SMILES string of the molecule is CC1(C)Cc2nc(CCl)sc2C(C)(C)C1. The lowest BCUT2D eigenvalue weighted by molar-refractivity contribution is 0.232. The lowest BCUT2D eigenvalue weighted by atomic mass is 9.67. The number of aromatic nitrogens is 1. The molecule has 0 fully saturated rings. The van der Waals surface area contributed by atoms with Crippen molar-refractivity contribution >= 4 is 22.9 Å². The fraction of sp³-hybridized carbons (Fsp3) is 0.750. The maximum absolute atomic E-state index is 5.86. The highest BCUT2D eigenvalue weighted by Crippen LogP contribution is 2.47. The van der Waals surface area contributed by atoms with E-state index in [1.54, 1.807) is 11.3 Å². The maximum atomic E-state index is 5.86. The van der Waals surface area contributed by atoms with Gasteiger partial charge in [0.2, 0.25) is 0 Å². The molecule has 15 heavy (non-hydrogen) atoms. The van der Waals surface area contributed by atoms with Gasteiger partial charge >= 0.3 is 0 Å². The van der Waals surface area contributed by atoms with Crippen LogP contribution in [0, 0.1) is 5.41 Å². The van der Waals surface area contributed by atoms with E-state index in [4.69, 9.17) is 11.6 Å². The van der Waals surface area contributed by atoms with Crippen LogP contribution in [-0.2, 0) is 17.7 Å². The molecule has 0 saturated heterocycles. The summed E-state index contributed by atoms with van der Waals surface area (Å²) < 4.78 is 0. The third-order valence-electron chi connectivity index (χ3n) is 3.04. The lowest BCUT2D eigenvalue weighted by Gasteiger charge is -2.39. The van der Waals surface area contributed by atoms with Crippen LogP contribution in [0.15, 0.2) is 0 Å². The molecule has 0 bridgehead atoms. The average molecular weight is 244 g/mol. The monoisotopic (exact) mass is 243 g/mol. The Morgan fingerprint density at radius 3 is 2.60 bits per heavy atom. The maximum Gasteiger partial charge on any atom is 0.108 e. The topological polar surface area (TPSA) is 12.9 Å². The van der Waals surface area contributed by atoms with Crippen molar-refractivity contribution in [2.75, 3.05) is 0 Å². The van der Waals surface area contributed by atoms with Gasteiger partial charge in [0.15, 0.2) is 0 Å². The molecule has 3 heteroatoms. The van der Waals surface area contributed by atoms with Gasteiger partial charge in [-0.3, -0.25) is 0 Å². The van der Waals surface area contributed by atoms with E-state index in [9.17, 15) is 0 Å². The molecule has 0 radical (unpaired) electrons. The van der Waals surface area contributed by atoms with Crippen LogP contribution in [0.25, 0.3) is 0 Å². The summed E-state index contributed by atoms with van der Waals surface area (Å²) in [4.78, 5) is 6.10. The fourth-order valence-corrected chi connectivity index (χ4v) is 4.15. The number of halogens is 1. The summed E-state index contributed by atoms with van der Waals surface area (Å²) in [5, 5.41) is 1.08. The molecule has 0 unspecified atom stereocenters. The van der Waals surface area contributed by atoms with Crippen LogP contribution < -0.4 is 0 Å². The molecule has 0 aliphatic heterocycles. The molecular formula is C12H18ClNS. The minimum atomic E-state index is 0.263. The van der Waals surface area contributed by atoms with Gasteiger partial charge in [-0.2, -0.15) is 0 Å². The van der Waals surface area contributed by atoms with Gasteiger partial charge in [-0.25, -0.2) is 4.98 Å². The quantitative estimate of drug-likeness (QED) is 0.676. The van der Waals surface area contributed by atoms with Crippen molar-refractivity contribution in [2.24, 2.45) is 5.41 Å². The molecule has 1 aliphatic rings. The van der Waals surface area contributed by atoms with E-state index in [0.717, 1.165) is 11.4 Å². The predicted octanol–water partition coefficient (Wildman–Crippen LogP) is 4.13. The Hall–Kier alpha value is -0.0800. The van der Waals surface area contributed by atoms with Gasteiger partial charge in [0.1, 0.15) is 5.01 Å². The summed E-state index contributed by atoms with van der Waals surface area (Å²) in [6.07, 6.45) is 2.33. The molecule has 0 aromatic carbocycles. The van der Waals surface area contributed by atoms with Crippen LogP contribution in [0.1, 0.15) is 49.7 Å². The Bertz CT molecular complexity index is 379. The normalized spacial score (nSPS) is 22.5. The molecule has 2 rings (SSSR count). The first-order valence-corrected chi connectivity index (χ1v) is 6.74. The minimum absolute atomic E-state index is 0.263. The summed E-state index contributed by atoms with van der Waals surface area (Å²) in [7, 11) is 0. The highest BCUT2D eigenvalue weighted by Gasteiger charge is 2.39. The number of nitrogens with zero attached hydrogens (tertiary/aromatic N) is 1. The van der Waals surface area contributed by atoms with Crippen LogP contribution >= 0.6 is 22.9 Å². The zero-order valence-corrected chi connectivity index (χ0v) is 11.4. The number of rotatable bonds is 1. The van der Waals surface area contributed by atoms with Crippen molar-refractivity contribution in [3.8, 4) is 0 Å². The first-order valence-electron chi connectivity index (χ1n) is 5.39. The molecular weight excluding hydrogens is 226 g/mol. The Morgan fingerprint density at radius 2 is 2.00 bits per heavy atom. The van der Waals surface area contributed by atoms with E-state index in [0.29, 0.717) is 11.3 Å². The molecule has 0 atom stereocenters. The van der Waals surface area contributed by atoms with Crippen molar-refractivity contribution in [3.05, 3.63) is 15.6 Å². The van der Waals surface area contributed by atoms with Crippen molar-refractivity contribution in [1.82, 2.24) is 4.98 Å². The molecule has 0 N–H and O–H groups in total. The molecule has 1 heterocycles. The smallest absolute Gasteiger partial charge is 0.108 e. The minimum Gasteiger partial charge on any atom is -0.245 e. The van der Waals surface area contributed by atoms with Crippen LogP contribution in [0.2, 0.25) is 0 Å². The second kappa shape index (κ2) is 3.46. The van der Waals surface area contributed by atoms with Gasteiger partial charge in [-0.15, -0.1) is 22.9 Å².